The van der Waals surface area contributed by atoms with E-state index in [1.54, 1.807) is 7.05 Å². The van der Waals surface area contributed by atoms with Gasteiger partial charge in [-0.3, -0.25) is 23.6 Å². The van der Waals surface area contributed by atoms with Crippen molar-refractivity contribution in [2.75, 3.05) is 55.2 Å². The van der Waals surface area contributed by atoms with Gasteiger partial charge in [-0.25, -0.2) is 18.0 Å². The third-order valence-electron chi connectivity index (χ3n) is 5.47. The number of anilines is 2. The number of esters is 1. The Bertz CT molecular complexity index is 1210. The van der Waals surface area contributed by atoms with Crippen LogP contribution in [0.1, 0.15) is 16.8 Å². The first-order valence-corrected chi connectivity index (χ1v) is 12.4. The van der Waals surface area contributed by atoms with Crippen LogP contribution >= 0.6 is 0 Å². The number of ether oxygens (including phenoxy) is 1. The number of aromatic nitrogens is 2. The summed E-state index contributed by atoms with van der Waals surface area (Å²) in [5.41, 5.74) is 0.0631. The van der Waals surface area contributed by atoms with Crippen LogP contribution in [0.3, 0.4) is 0 Å². The standard InChI is InChI=1S/C21H29N5O6S/c1-23-18(15-19(27)24(2)21(23)29)26-12-10-25(11-13-26)9-4-14-32-20(28)16-5-7-17(8-6-16)22-33(3,30)31/h5-8,15,22H,4,9-14H2,1-3H3. The summed E-state index contributed by atoms with van der Waals surface area (Å²) in [7, 11) is -0.246. The third kappa shape index (κ3) is 6.45. The molecular formula is C21H29N5O6S. The van der Waals surface area contributed by atoms with Gasteiger partial charge in [0.2, 0.25) is 10.0 Å². The molecule has 2 heterocycles. The number of nitrogens with one attached hydrogen (secondary N) is 1. The minimum atomic E-state index is -3.37. The average Bonchev–Trinajstić information content (AvgIpc) is 2.77. The van der Waals surface area contributed by atoms with Crippen LogP contribution in [0, 0.1) is 0 Å². The lowest BCUT2D eigenvalue weighted by Gasteiger charge is -2.36. The predicted molar refractivity (Wildman–Crippen MR) is 125 cm³/mol. The molecule has 0 unspecified atom stereocenters. The van der Waals surface area contributed by atoms with Crippen molar-refractivity contribution in [3.63, 3.8) is 0 Å². The maximum Gasteiger partial charge on any atom is 0.338 e. The van der Waals surface area contributed by atoms with Gasteiger partial charge in [0.15, 0.2) is 0 Å². The number of rotatable bonds is 8. The predicted octanol–water partition coefficient (Wildman–Crippen LogP) is -0.175. The highest BCUT2D eigenvalue weighted by molar-refractivity contribution is 7.92. The Morgan fingerprint density at radius 2 is 1.67 bits per heavy atom. The first kappa shape index (κ1) is 24.5. The Kier molecular flexibility index (Phi) is 7.59. The van der Waals surface area contributed by atoms with Gasteiger partial charge >= 0.3 is 11.7 Å². The van der Waals surface area contributed by atoms with Crippen molar-refractivity contribution in [1.82, 2.24) is 14.0 Å². The molecule has 1 aliphatic heterocycles. The van der Waals surface area contributed by atoms with E-state index in [-0.39, 0.29) is 17.9 Å². The van der Waals surface area contributed by atoms with Crippen LogP contribution in [0.15, 0.2) is 39.9 Å². The summed E-state index contributed by atoms with van der Waals surface area (Å²) in [6.07, 6.45) is 1.73. The SMILES string of the molecule is Cn1c(N2CCN(CCCOC(=O)c3ccc(NS(C)(=O)=O)cc3)CC2)cc(=O)n(C)c1=O. The Labute approximate surface area is 192 Å². The highest BCUT2D eigenvalue weighted by Gasteiger charge is 2.20. The molecule has 0 aliphatic carbocycles. The van der Waals surface area contributed by atoms with Gasteiger partial charge in [0.1, 0.15) is 5.82 Å². The lowest BCUT2D eigenvalue weighted by molar-refractivity contribution is 0.0487. The van der Waals surface area contributed by atoms with E-state index in [2.05, 4.69) is 9.62 Å². The van der Waals surface area contributed by atoms with E-state index in [0.29, 0.717) is 36.6 Å². The fourth-order valence-corrected chi connectivity index (χ4v) is 4.21. The molecule has 0 amide bonds. The van der Waals surface area contributed by atoms with Crippen LogP contribution in [0.25, 0.3) is 0 Å². The van der Waals surface area contributed by atoms with E-state index in [1.165, 1.54) is 41.9 Å². The largest absolute Gasteiger partial charge is 0.462 e. The molecule has 0 saturated carbocycles. The van der Waals surface area contributed by atoms with Gasteiger partial charge in [-0.15, -0.1) is 0 Å². The van der Waals surface area contributed by atoms with E-state index in [4.69, 9.17) is 4.74 Å². The number of hydrogen-bond donors (Lipinski definition) is 1. The summed E-state index contributed by atoms with van der Waals surface area (Å²) in [6.45, 7) is 3.94. The van der Waals surface area contributed by atoms with Crippen molar-refractivity contribution < 1.29 is 17.9 Å². The van der Waals surface area contributed by atoms with Crippen molar-refractivity contribution in [2.24, 2.45) is 14.1 Å². The van der Waals surface area contributed by atoms with E-state index < -0.39 is 16.0 Å². The molecule has 0 bridgehead atoms. The molecule has 1 aromatic heterocycles. The van der Waals surface area contributed by atoms with Gasteiger partial charge in [0, 0.05) is 58.6 Å². The minimum absolute atomic E-state index is 0.269. The number of hydrogen-bond acceptors (Lipinski definition) is 8. The quantitative estimate of drug-likeness (QED) is 0.409. The smallest absolute Gasteiger partial charge is 0.338 e. The lowest BCUT2D eigenvalue weighted by atomic mass is 10.2. The second-order valence-electron chi connectivity index (χ2n) is 8.01. The average molecular weight is 480 g/mol. The number of piperazine rings is 1. The number of benzene rings is 1. The van der Waals surface area contributed by atoms with Gasteiger partial charge in [-0.05, 0) is 30.7 Å². The summed E-state index contributed by atoms with van der Waals surface area (Å²) in [5, 5.41) is 0. The molecule has 1 saturated heterocycles. The normalized spacial score (nSPS) is 14.8. The zero-order valence-corrected chi connectivity index (χ0v) is 19.8. The van der Waals surface area contributed by atoms with Crippen LogP contribution < -0.4 is 20.9 Å². The van der Waals surface area contributed by atoms with Gasteiger partial charge in [0.25, 0.3) is 5.56 Å². The fraction of sp³-hybridized carbons (Fsp3) is 0.476. The Morgan fingerprint density at radius 3 is 2.27 bits per heavy atom. The van der Waals surface area contributed by atoms with Crippen molar-refractivity contribution in [1.29, 1.82) is 0 Å². The molecule has 1 aliphatic rings. The first-order valence-electron chi connectivity index (χ1n) is 10.5. The summed E-state index contributed by atoms with van der Waals surface area (Å²) in [6, 6.07) is 7.53. The van der Waals surface area contributed by atoms with Crippen molar-refractivity contribution in [3.05, 3.63) is 56.7 Å². The van der Waals surface area contributed by atoms with Crippen LogP contribution in [0.2, 0.25) is 0 Å². The van der Waals surface area contributed by atoms with Crippen LogP contribution in [-0.2, 0) is 28.9 Å². The summed E-state index contributed by atoms with van der Waals surface area (Å²) < 4.78 is 32.7. The Hall–Kier alpha value is -3.12. The third-order valence-corrected chi connectivity index (χ3v) is 6.08. The molecular weight excluding hydrogens is 450 g/mol. The highest BCUT2D eigenvalue weighted by atomic mass is 32.2. The highest BCUT2D eigenvalue weighted by Crippen LogP contribution is 2.14. The molecule has 33 heavy (non-hydrogen) atoms. The van der Waals surface area contributed by atoms with E-state index >= 15 is 0 Å². The minimum Gasteiger partial charge on any atom is -0.462 e. The molecule has 180 valence electrons. The van der Waals surface area contributed by atoms with E-state index in [9.17, 15) is 22.8 Å². The topological polar surface area (TPSA) is 123 Å². The monoisotopic (exact) mass is 479 g/mol. The molecule has 3 rings (SSSR count). The first-order chi connectivity index (χ1) is 15.5. The molecule has 12 heteroatoms. The van der Waals surface area contributed by atoms with Gasteiger partial charge in [0.05, 0.1) is 18.4 Å². The Balaban J connectivity index is 1.42. The van der Waals surface area contributed by atoms with Crippen molar-refractivity contribution >= 4 is 27.5 Å². The summed E-state index contributed by atoms with van der Waals surface area (Å²) in [4.78, 5) is 40.5. The zero-order valence-electron chi connectivity index (χ0n) is 19.0. The number of carbonyl (C=O) groups excluding carboxylic acids is 1. The zero-order chi connectivity index (χ0) is 24.2. The molecule has 0 atom stereocenters. The Morgan fingerprint density at radius 1 is 1.03 bits per heavy atom. The van der Waals surface area contributed by atoms with Crippen molar-refractivity contribution in [3.8, 4) is 0 Å². The van der Waals surface area contributed by atoms with Crippen molar-refractivity contribution in [2.45, 2.75) is 6.42 Å². The van der Waals surface area contributed by atoms with Crippen LogP contribution in [-0.4, -0.2) is 74.0 Å². The molecule has 0 radical (unpaired) electrons. The van der Waals surface area contributed by atoms with Gasteiger partial charge in [-0.1, -0.05) is 0 Å². The van der Waals surface area contributed by atoms with E-state index in [1.807, 2.05) is 4.90 Å². The van der Waals surface area contributed by atoms with Crippen LogP contribution in [0.4, 0.5) is 11.5 Å². The second kappa shape index (κ2) is 10.2. The van der Waals surface area contributed by atoms with Gasteiger partial charge < -0.3 is 9.64 Å². The molecule has 1 aromatic carbocycles. The fourth-order valence-electron chi connectivity index (χ4n) is 3.65. The summed E-state index contributed by atoms with van der Waals surface area (Å²) >= 11 is 0. The van der Waals surface area contributed by atoms with Crippen LogP contribution in [0.5, 0.6) is 0 Å². The molecule has 1 N–H and O–H groups in total. The van der Waals surface area contributed by atoms with E-state index in [0.717, 1.165) is 30.5 Å². The van der Waals surface area contributed by atoms with Gasteiger partial charge in [-0.2, -0.15) is 0 Å². The summed E-state index contributed by atoms with van der Waals surface area (Å²) in [5.74, 6) is 0.159. The number of nitrogens with zero attached hydrogens (tertiary/aromatic N) is 4. The number of sulfonamides is 1. The maximum absolute atomic E-state index is 12.2. The number of carbonyl (C=O) groups is 1. The maximum atomic E-state index is 12.2. The second-order valence-corrected chi connectivity index (χ2v) is 9.76. The molecule has 2 aromatic rings. The molecule has 1 fully saturated rings. The molecule has 11 nitrogen and oxygen atoms in total. The lowest BCUT2D eigenvalue weighted by Crippen LogP contribution is -2.49. The molecule has 0 spiro atoms.